The van der Waals surface area contributed by atoms with Crippen molar-refractivity contribution in [2.75, 3.05) is 10.5 Å². The second-order valence-corrected chi connectivity index (χ2v) is 9.75. The maximum atomic E-state index is 12.4. The van der Waals surface area contributed by atoms with Gasteiger partial charge in [-0.25, -0.2) is 16.8 Å². The van der Waals surface area contributed by atoms with Crippen LogP contribution >= 0.6 is 15.9 Å². The molecule has 0 aromatic heterocycles. The van der Waals surface area contributed by atoms with Gasteiger partial charge in [-0.2, -0.15) is 0 Å². The quantitative estimate of drug-likeness (QED) is 0.808. The summed E-state index contributed by atoms with van der Waals surface area (Å²) in [5, 5.41) is 0. The van der Waals surface area contributed by atoms with Crippen molar-refractivity contribution in [3.63, 3.8) is 0 Å². The lowest BCUT2D eigenvalue weighted by Crippen LogP contribution is -2.14. The molecule has 0 bridgehead atoms. The van der Waals surface area contributed by atoms with Crippen LogP contribution in [0.1, 0.15) is 12.5 Å². The minimum atomic E-state index is -3.76. The first kappa shape index (κ1) is 18.0. The molecule has 0 unspecified atom stereocenters. The molecule has 0 heterocycles. The first-order chi connectivity index (χ1) is 10.7. The van der Waals surface area contributed by atoms with E-state index in [1.807, 2.05) is 6.92 Å². The van der Waals surface area contributed by atoms with E-state index in [0.29, 0.717) is 10.2 Å². The summed E-state index contributed by atoms with van der Waals surface area (Å²) in [5.41, 5.74) is 1.23. The van der Waals surface area contributed by atoms with E-state index in [-0.39, 0.29) is 15.5 Å². The van der Waals surface area contributed by atoms with Crippen molar-refractivity contribution in [3.8, 4) is 0 Å². The highest BCUT2D eigenvalue weighted by atomic mass is 79.9. The van der Waals surface area contributed by atoms with Crippen molar-refractivity contribution < 1.29 is 16.8 Å². The number of sulfone groups is 1. The van der Waals surface area contributed by atoms with E-state index in [1.165, 1.54) is 30.3 Å². The molecule has 0 saturated carbocycles. The van der Waals surface area contributed by atoms with Gasteiger partial charge in [0.1, 0.15) is 4.90 Å². The largest absolute Gasteiger partial charge is 0.280 e. The number of sulfonamides is 1. The molecule has 8 heteroatoms. The van der Waals surface area contributed by atoms with Gasteiger partial charge in [0.2, 0.25) is 0 Å². The van der Waals surface area contributed by atoms with E-state index in [4.69, 9.17) is 0 Å². The lowest BCUT2D eigenvalue weighted by atomic mass is 10.2. The summed E-state index contributed by atoms with van der Waals surface area (Å²) in [6, 6.07) is 10.6. The number of benzene rings is 2. The Labute approximate surface area is 144 Å². The molecule has 0 fully saturated rings. The van der Waals surface area contributed by atoms with E-state index in [1.54, 1.807) is 19.1 Å². The first-order valence-electron chi connectivity index (χ1n) is 6.77. The summed E-state index contributed by atoms with van der Waals surface area (Å²) in [4.78, 5) is 0.285. The minimum Gasteiger partial charge on any atom is -0.280 e. The van der Waals surface area contributed by atoms with E-state index in [9.17, 15) is 16.8 Å². The number of anilines is 1. The van der Waals surface area contributed by atoms with E-state index < -0.39 is 19.9 Å². The average molecular weight is 418 g/mol. The Morgan fingerprint density at radius 3 is 2.13 bits per heavy atom. The van der Waals surface area contributed by atoms with Crippen molar-refractivity contribution in [1.82, 2.24) is 0 Å². The molecule has 0 radical (unpaired) electrons. The summed E-state index contributed by atoms with van der Waals surface area (Å²) < 4.78 is 51.2. The molecular formula is C15H16BrNO4S2. The summed E-state index contributed by atoms with van der Waals surface area (Å²) >= 11 is 3.24. The van der Waals surface area contributed by atoms with Gasteiger partial charge in [-0.05, 0) is 64.8 Å². The van der Waals surface area contributed by atoms with Gasteiger partial charge in [0, 0.05) is 10.2 Å². The zero-order chi connectivity index (χ0) is 17.3. The number of halogens is 1. The normalized spacial score (nSPS) is 12.1. The maximum Gasteiger partial charge on any atom is 0.263 e. The second-order valence-electron chi connectivity index (χ2n) is 4.97. The molecule has 0 aliphatic carbocycles. The Morgan fingerprint density at radius 2 is 1.61 bits per heavy atom. The monoisotopic (exact) mass is 417 g/mol. The molecule has 124 valence electrons. The topological polar surface area (TPSA) is 80.3 Å². The van der Waals surface area contributed by atoms with Crippen LogP contribution in [0.25, 0.3) is 0 Å². The van der Waals surface area contributed by atoms with E-state index in [2.05, 4.69) is 20.7 Å². The molecule has 0 aliphatic rings. The zero-order valence-electron chi connectivity index (χ0n) is 12.6. The fourth-order valence-corrected chi connectivity index (χ4v) is 5.07. The van der Waals surface area contributed by atoms with Gasteiger partial charge in [-0.3, -0.25) is 4.72 Å². The Kier molecular flexibility index (Phi) is 5.17. The van der Waals surface area contributed by atoms with E-state index >= 15 is 0 Å². The SMILES string of the molecule is CCS(=O)(=O)c1ccc(NS(=O)(=O)c2ccc(C)cc2Br)cc1. The molecule has 0 saturated heterocycles. The highest BCUT2D eigenvalue weighted by Gasteiger charge is 2.18. The van der Waals surface area contributed by atoms with Gasteiger partial charge in [0.25, 0.3) is 10.0 Å². The van der Waals surface area contributed by atoms with Crippen LogP contribution in [0.2, 0.25) is 0 Å². The van der Waals surface area contributed by atoms with Crippen LogP contribution in [0.3, 0.4) is 0 Å². The third-order valence-corrected chi connectivity index (χ3v) is 7.33. The number of rotatable bonds is 5. The van der Waals surface area contributed by atoms with Crippen LogP contribution in [0, 0.1) is 6.92 Å². The van der Waals surface area contributed by atoms with Crippen LogP contribution in [-0.4, -0.2) is 22.6 Å². The molecule has 2 aromatic rings. The minimum absolute atomic E-state index is 0.00557. The number of hydrogen-bond donors (Lipinski definition) is 1. The summed E-state index contributed by atoms with van der Waals surface area (Å²) in [5.74, 6) is -0.00557. The molecule has 0 aliphatic heterocycles. The molecule has 0 spiro atoms. The van der Waals surface area contributed by atoms with Crippen LogP contribution < -0.4 is 4.72 Å². The first-order valence-corrected chi connectivity index (χ1v) is 10.7. The van der Waals surface area contributed by atoms with Crippen molar-refractivity contribution >= 4 is 41.5 Å². The Balaban J connectivity index is 2.31. The fourth-order valence-electron chi connectivity index (χ4n) is 1.93. The maximum absolute atomic E-state index is 12.4. The van der Waals surface area contributed by atoms with Crippen LogP contribution in [0.4, 0.5) is 5.69 Å². The molecule has 0 amide bonds. The molecule has 5 nitrogen and oxygen atoms in total. The summed E-state index contributed by atoms with van der Waals surface area (Å²) in [6.45, 7) is 3.42. The Hall–Kier alpha value is -1.38. The smallest absolute Gasteiger partial charge is 0.263 e. The molecular weight excluding hydrogens is 402 g/mol. The van der Waals surface area contributed by atoms with Crippen LogP contribution in [0.5, 0.6) is 0 Å². The Morgan fingerprint density at radius 1 is 1.00 bits per heavy atom. The molecule has 23 heavy (non-hydrogen) atoms. The summed E-state index contributed by atoms with van der Waals surface area (Å²) in [6.07, 6.45) is 0. The lowest BCUT2D eigenvalue weighted by Gasteiger charge is -2.11. The lowest BCUT2D eigenvalue weighted by molar-refractivity contribution is 0.597. The van der Waals surface area contributed by atoms with Crippen molar-refractivity contribution in [2.24, 2.45) is 0 Å². The van der Waals surface area contributed by atoms with Crippen LogP contribution in [0.15, 0.2) is 56.7 Å². The highest BCUT2D eigenvalue weighted by molar-refractivity contribution is 9.10. The highest BCUT2D eigenvalue weighted by Crippen LogP contribution is 2.25. The number of hydrogen-bond acceptors (Lipinski definition) is 4. The Bertz CT molecular complexity index is 920. The fraction of sp³-hybridized carbons (Fsp3) is 0.200. The standard InChI is InChI=1S/C15H16BrNO4S2/c1-3-22(18,19)13-7-5-12(6-8-13)17-23(20,21)15-9-4-11(2)10-14(15)16/h4-10,17H,3H2,1-2H3. The summed E-state index contributed by atoms with van der Waals surface area (Å²) in [7, 11) is -7.07. The number of nitrogens with one attached hydrogen (secondary N) is 1. The predicted molar refractivity (Wildman–Crippen MR) is 93.9 cm³/mol. The molecule has 2 aromatic carbocycles. The van der Waals surface area contributed by atoms with Gasteiger partial charge < -0.3 is 0 Å². The third kappa shape index (κ3) is 4.13. The second kappa shape index (κ2) is 6.62. The predicted octanol–water partition coefficient (Wildman–Crippen LogP) is 3.35. The van der Waals surface area contributed by atoms with Gasteiger partial charge in [0.05, 0.1) is 10.6 Å². The van der Waals surface area contributed by atoms with Crippen molar-refractivity contribution in [3.05, 3.63) is 52.5 Å². The zero-order valence-corrected chi connectivity index (χ0v) is 15.8. The van der Waals surface area contributed by atoms with Crippen molar-refractivity contribution in [2.45, 2.75) is 23.6 Å². The van der Waals surface area contributed by atoms with Gasteiger partial charge in [0.15, 0.2) is 9.84 Å². The van der Waals surface area contributed by atoms with Gasteiger partial charge in [-0.1, -0.05) is 13.0 Å². The van der Waals surface area contributed by atoms with Crippen LogP contribution in [-0.2, 0) is 19.9 Å². The van der Waals surface area contributed by atoms with E-state index in [0.717, 1.165) is 5.56 Å². The number of aryl methyl sites for hydroxylation is 1. The third-order valence-electron chi connectivity index (χ3n) is 3.22. The molecule has 0 atom stereocenters. The van der Waals surface area contributed by atoms with Gasteiger partial charge in [-0.15, -0.1) is 0 Å². The van der Waals surface area contributed by atoms with Crippen molar-refractivity contribution in [1.29, 1.82) is 0 Å². The average Bonchev–Trinajstić information content (AvgIpc) is 2.47. The molecule has 2 rings (SSSR count). The van der Waals surface area contributed by atoms with Gasteiger partial charge >= 0.3 is 0 Å². The molecule has 1 N–H and O–H groups in total.